The first-order valence-corrected chi connectivity index (χ1v) is 4.06. The van der Waals surface area contributed by atoms with Crippen LogP contribution in [0.15, 0.2) is 24.3 Å². The van der Waals surface area contributed by atoms with Crippen molar-refractivity contribution in [1.82, 2.24) is 10.2 Å². The molecule has 13 heavy (non-hydrogen) atoms. The number of anilines is 1. The predicted octanol–water partition coefficient (Wildman–Crippen LogP) is 0.688. The molecule has 0 saturated heterocycles. The molecule has 4 heteroatoms. The SMILES string of the molecule is Cc1ccc(N2CC=CC2=O)nn1. The van der Waals surface area contributed by atoms with Crippen LogP contribution in [0.5, 0.6) is 0 Å². The zero-order valence-electron chi connectivity index (χ0n) is 7.27. The third-order valence-electron chi connectivity index (χ3n) is 1.87. The molecule has 2 heterocycles. The molecule has 0 radical (unpaired) electrons. The maximum absolute atomic E-state index is 11.2. The summed E-state index contributed by atoms with van der Waals surface area (Å²) in [5.41, 5.74) is 0.850. The van der Waals surface area contributed by atoms with Crippen LogP contribution < -0.4 is 4.90 Å². The molecule has 2 rings (SSSR count). The van der Waals surface area contributed by atoms with E-state index in [0.717, 1.165) is 5.69 Å². The topological polar surface area (TPSA) is 46.1 Å². The van der Waals surface area contributed by atoms with Crippen molar-refractivity contribution in [1.29, 1.82) is 0 Å². The van der Waals surface area contributed by atoms with Crippen molar-refractivity contribution in [2.45, 2.75) is 6.92 Å². The number of aromatic nitrogens is 2. The summed E-state index contributed by atoms with van der Waals surface area (Å²) in [5.74, 6) is 0.582. The van der Waals surface area contributed by atoms with Crippen LogP contribution in [0, 0.1) is 6.92 Å². The van der Waals surface area contributed by atoms with Crippen LogP contribution >= 0.6 is 0 Å². The maximum Gasteiger partial charge on any atom is 0.252 e. The Bertz CT molecular complexity index is 356. The Balaban J connectivity index is 2.26. The molecule has 1 aliphatic heterocycles. The van der Waals surface area contributed by atoms with E-state index in [1.54, 1.807) is 17.0 Å². The van der Waals surface area contributed by atoms with E-state index in [-0.39, 0.29) is 5.91 Å². The van der Waals surface area contributed by atoms with Crippen LogP contribution in [0.3, 0.4) is 0 Å². The molecule has 1 aromatic rings. The standard InChI is InChI=1S/C9H9N3O/c1-7-4-5-8(11-10-7)12-6-2-3-9(12)13/h2-5H,6H2,1H3. The number of rotatable bonds is 1. The van der Waals surface area contributed by atoms with Gasteiger partial charge in [-0.3, -0.25) is 9.69 Å². The lowest BCUT2D eigenvalue weighted by molar-refractivity contribution is -0.113. The zero-order chi connectivity index (χ0) is 9.26. The fourth-order valence-corrected chi connectivity index (χ4v) is 1.18. The molecule has 0 N–H and O–H groups in total. The van der Waals surface area contributed by atoms with Crippen molar-refractivity contribution in [3.63, 3.8) is 0 Å². The van der Waals surface area contributed by atoms with Gasteiger partial charge in [-0.15, -0.1) is 5.10 Å². The highest BCUT2D eigenvalue weighted by atomic mass is 16.2. The van der Waals surface area contributed by atoms with Gasteiger partial charge in [0.25, 0.3) is 5.91 Å². The van der Waals surface area contributed by atoms with Crippen LogP contribution in [-0.4, -0.2) is 22.6 Å². The summed E-state index contributed by atoms with van der Waals surface area (Å²) < 4.78 is 0. The van der Waals surface area contributed by atoms with Gasteiger partial charge in [-0.25, -0.2) is 0 Å². The van der Waals surface area contributed by atoms with Crippen LogP contribution in [0.25, 0.3) is 0 Å². The summed E-state index contributed by atoms with van der Waals surface area (Å²) in [6.45, 7) is 2.46. The van der Waals surface area contributed by atoms with Crippen LogP contribution in [0.4, 0.5) is 5.82 Å². The molecular weight excluding hydrogens is 166 g/mol. The van der Waals surface area contributed by atoms with Crippen LogP contribution in [0.1, 0.15) is 5.69 Å². The van der Waals surface area contributed by atoms with E-state index in [9.17, 15) is 4.79 Å². The van der Waals surface area contributed by atoms with Gasteiger partial charge >= 0.3 is 0 Å². The van der Waals surface area contributed by atoms with Gasteiger partial charge in [0, 0.05) is 12.6 Å². The van der Waals surface area contributed by atoms with Gasteiger partial charge in [0.1, 0.15) is 0 Å². The van der Waals surface area contributed by atoms with E-state index in [1.165, 1.54) is 0 Å². The number of carbonyl (C=O) groups is 1. The predicted molar refractivity (Wildman–Crippen MR) is 48.3 cm³/mol. The Morgan fingerprint density at radius 1 is 1.38 bits per heavy atom. The highest BCUT2D eigenvalue weighted by Gasteiger charge is 2.17. The van der Waals surface area contributed by atoms with Crippen molar-refractivity contribution in [3.05, 3.63) is 30.0 Å². The Hall–Kier alpha value is -1.71. The molecule has 1 aliphatic rings. The third kappa shape index (κ3) is 1.42. The molecule has 0 atom stereocenters. The Kier molecular flexibility index (Phi) is 1.81. The summed E-state index contributed by atoms with van der Waals surface area (Å²) in [5, 5.41) is 7.81. The van der Waals surface area contributed by atoms with Crippen molar-refractivity contribution in [3.8, 4) is 0 Å². The second-order valence-corrected chi connectivity index (χ2v) is 2.88. The first-order chi connectivity index (χ1) is 6.27. The second-order valence-electron chi connectivity index (χ2n) is 2.88. The van der Waals surface area contributed by atoms with Crippen molar-refractivity contribution >= 4 is 11.7 Å². The highest BCUT2D eigenvalue weighted by molar-refractivity contribution is 6.03. The van der Waals surface area contributed by atoms with E-state index >= 15 is 0 Å². The molecular formula is C9H9N3O. The Morgan fingerprint density at radius 2 is 2.23 bits per heavy atom. The van der Waals surface area contributed by atoms with Crippen LogP contribution in [0.2, 0.25) is 0 Å². The first-order valence-electron chi connectivity index (χ1n) is 4.06. The number of nitrogens with zero attached hydrogens (tertiary/aromatic N) is 3. The third-order valence-corrected chi connectivity index (χ3v) is 1.87. The number of carbonyl (C=O) groups excluding carboxylic acids is 1. The largest absolute Gasteiger partial charge is 0.288 e. The maximum atomic E-state index is 11.2. The average molecular weight is 175 g/mol. The van der Waals surface area contributed by atoms with E-state index < -0.39 is 0 Å². The lowest BCUT2D eigenvalue weighted by Crippen LogP contribution is -2.25. The molecule has 0 spiro atoms. The van der Waals surface area contributed by atoms with Gasteiger partial charge in [-0.2, -0.15) is 5.10 Å². The molecule has 66 valence electrons. The van der Waals surface area contributed by atoms with Crippen LogP contribution in [-0.2, 0) is 4.79 Å². The van der Waals surface area contributed by atoms with E-state index in [4.69, 9.17) is 0 Å². The van der Waals surface area contributed by atoms with Crippen molar-refractivity contribution in [2.75, 3.05) is 11.4 Å². The summed E-state index contributed by atoms with van der Waals surface area (Å²) >= 11 is 0. The molecule has 0 unspecified atom stereocenters. The monoisotopic (exact) mass is 175 g/mol. The minimum absolute atomic E-state index is 0.0295. The molecule has 0 bridgehead atoms. The summed E-state index contributed by atoms with van der Waals surface area (Å²) in [7, 11) is 0. The van der Waals surface area contributed by atoms with E-state index in [0.29, 0.717) is 12.4 Å². The quantitative estimate of drug-likeness (QED) is 0.630. The van der Waals surface area contributed by atoms with Gasteiger partial charge in [0.2, 0.25) is 0 Å². The normalized spacial score (nSPS) is 15.5. The lowest BCUT2D eigenvalue weighted by Gasteiger charge is -2.12. The molecule has 0 aromatic carbocycles. The molecule has 1 aromatic heterocycles. The fraction of sp³-hybridized carbons (Fsp3) is 0.222. The lowest BCUT2D eigenvalue weighted by atomic mass is 10.4. The second kappa shape index (κ2) is 2.97. The molecule has 0 saturated carbocycles. The molecule has 0 fully saturated rings. The summed E-state index contributed by atoms with van der Waals surface area (Å²) in [6, 6.07) is 3.64. The molecule has 4 nitrogen and oxygen atoms in total. The first kappa shape index (κ1) is 7.91. The fourth-order valence-electron chi connectivity index (χ4n) is 1.18. The zero-order valence-corrected chi connectivity index (χ0v) is 7.27. The number of hydrogen-bond donors (Lipinski definition) is 0. The Morgan fingerprint density at radius 3 is 2.77 bits per heavy atom. The minimum Gasteiger partial charge on any atom is -0.288 e. The van der Waals surface area contributed by atoms with Gasteiger partial charge in [-0.1, -0.05) is 6.08 Å². The van der Waals surface area contributed by atoms with Gasteiger partial charge < -0.3 is 0 Å². The number of hydrogen-bond acceptors (Lipinski definition) is 3. The summed E-state index contributed by atoms with van der Waals surface area (Å²) in [4.78, 5) is 12.8. The van der Waals surface area contributed by atoms with Gasteiger partial charge in [-0.05, 0) is 19.1 Å². The van der Waals surface area contributed by atoms with Crippen molar-refractivity contribution in [2.24, 2.45) is 0 Å². The average Bonchev–Trinajstić information content (AvgIpc) is 2.53. The van der Waals surface area contributed by atoms with E-state index in [2.05, 4.69) is 10.2 Å². The number of amides is 1. The minimum atomic E-state index is -0.0295. The van der Waals surface area contributed by atoms with Crippen molar-refractivity contribution < 1.29 is 4.79 Å². The highest BCUT2D eigenvalue weighted by Crippen LogP contribution is 2.13. The number of aryl methyl sites for hydroxylation is 1. The smallest absolute Gasteiger partial charge is 0.252 e. The van der Waals surface area contributed by atoms with Gasteiger partial charge in [0.05, 0.1) is 5.69 Å². The molecule has 1 amide bonds. The molecule has 0 aliphatic carbocycles. The Labute approximate surface area is 75.9 Å². The van der Waals surface area contributed by atoms with Gasteiger partial charge in [0.15, 0.2) is 5.82 Å². The summed E-state index contributed by atoms with van der Waals surface area (Å²) in [6.07, 6.45) is 3.35. The van der Waals surface area contributed by atoms with E-state index in [1.807, 2.05) is 19.1 Å².